The number of hydrogen-bond acceptors (Lipinski definition) is 4. The van der Waals surface area contributed by atoms with Crippen LogP contribution in [0.25, 0.3) is 0 Å². The van der Waals surface area contributed by atoms with Crippen LogP contribution in [0.2, 0.25) is 0 Å². The fourth-order valence-electron chi connectivity index (χ4n) is 1.40. The molecule has 0 spiro atoms. The molecule has 1 aromatic heterocycles. The number of benzene rings is 1. The lowest BCUT2D eigenvalue weighted by Gasteiger charge is -1.90. The summed E-state index contributed by atoms with van der Waals surface area (Å²) in [6.07, 6.45) is 4.90. The first-order valence-electron chi connectivity index (χ1n) is 5.90. The lowest BCUT2D eigenvalue weighted by Crippen LogP contribution is -1.82. The van der Waals surface area contributed by atoms with Crippen LogP contribution < -0.4 is 0 Å². The molecule has 0 atom stereocenters. The van der Waals surface area contributed by atoms with Crippen molar-refractivity contribution in [3.63, 3.8) is 0 Å². The molecule has 0 unspecified atom stereocenters. The fourth-order valence-corrected chi connectivity index (χ4v) is 2.13. The first-order valence-corrected chi connectivity index (χ1v) is 6.71. The van der Waals surface area contributed by atoms with E-state index >= 15 is 0 Å². The maximum absolute atomic E-state index is 12.7. The summed E-state index contributed by atoms with van der Waals surface area (Å²) in [7, 11) is 0. The van der Waals surface area contributed by atoms with Gasteiger partial charge < -0.3 is 0 Å². The summed E-state index contributed by atoms with van der Waals surface area (Å²) in [4.78, 5) is 4.23. The predicted molar refractivity (Wildman–Crippen MR) is 72.2 cm³/mol. The molecule has 1 aromatic carbocycles. The third-order valence-corrected chi connectivity index (χ3v) is 3.29. The Balaban J connectivity index is 2.00. The lowest BCUT2D eigenvalue weighted by molar-refractivity contribution is 0.628. The monoisotopic (exact) mass is 263 g/mol. The topological polar surface area (TPSA) is 38.1 Å². The molecule has 1 heterocycles. The van der Waals surface area contributed by atoms with Crippen molar-refractivity contribution in [1.82, 2.24) is 10.2 Å². The van der Waals surface area contributed by atoms with Crippen LogP contribution >= 0.6 is 11.3 Å². The average Bonchev–Trinajstić information content (AvgIpc) is 2.84. The van der Waals surface area contributed by atoms with E-state index in [1.807, 2.05) is 0 Å². The van der Waals surface area contributed by atoms with E-state index in [-0.39, 0.29) is 5.82 Å². The van der Waals surface area contributed by atoms with E-state index < -0.39 is 0 Å². The quantitative estimate of drug-likeness (QED) is 0.770. The van der Waals surface area contributed by atoms with Crippen molar-refractivity contribution in [3.8, 4) is 0 Å². The number of unbranched alkanes of at least 4 members (excludes halogenated alkanes) is 1. The van der Waals surface area contributed by atoms with Gasteiger partial charge in [0.25, 0.3) is 0 Å². The summed E-state index contributed by atoms with van der Waals surface area (Å²) in [5, 5.41) is 9.73. The van der Waals surface area contributed by atoms with E-state index in [4.69, 9.17) is 0 Å². The van der Waals surface area contributed by atoms with Gasteiger partial charge in [-0.3, -0.25) is 0 Å². The standard InChI is InChI=1S/C13H14FN3S/c1-2-3-4-12-16-17-13(18-12)15-9-10-5-7-11(14)8-6-10/h5-9H,2-4H2,1H3. The highest BCUT2D eigenvalue weighted by Crippen LogP contribution is 2.19. The van der Waals surface area contributed by atoms with E-state index in [1.54, 1.807) is 18.3 Å². The van der Waals surface area contributed by atoms with Crippen LogP contribution in [0.4, 0.5) is 9.52 Å². The molecule has 0 radical (unpaired) electrons. The van der Waals surface area contributed by atoms with E-state index in [0.29, 0.717) is 5.13 Å². The summed E-state index contributed by atoms with van der Waals surface area (Å²) in [6.45, 7) is 2.15. The van der Waals surface area contributed by atoms with Crippen LogP contribution in [0, 0.1) is 5.82 Å². The highest BCUT2D eigenvalue weighted by Gasteiger charge is 2.01. The Labute approximate surface area is 109 Å². The minimum absolute atomic E-state index is 0.245. The Morgan fingerprint density at radius 3 is 2.78 bits per heavy atom. The van der Waals surface area contributed by atoms with Crippen LogP contribution in [-0.4, -0.2) is 16.4 Å². The van der Waals surface area contributed by atoms with Crippen LogP contribution in [0.5, 0.6) is 0 Å². The molecule has 0 aliphatic rings. The number of halogens is 1. The molecule has 0 amide bonds. The van der Waals surface area contributed by atoms with Crippen LogP contribution in [0.3, 0.4) is 0 Å². The molecule has 0 N–H and O–H groups in total. The molecule has 2 rings (SSSR count). The smallest absolute Gasteiger partial charge is 0.226 e. The number of hydrogen-bond donors (Lipinski definition) is 0. The molecular weight excluding hydrogens is 249 g/mol. The molecule has 5 heteroatoms. The Kier molecular flexibility index (Phi) is 4.52. The van der Waals surface area contributed by atoms with Gasteiger partial charge >= 0.3 is 0 Å². The molecule has 0 fully saturated rings. The van der Waals surface area contributed by atoms with Gasteiger partial charge in [-0.1, -0.05) is 36.8 Å². The molecule has 0 bridgehead atoms. The van der Waals surface area contributed by atoms with Gasteiger partial charge in [0, 0.05) is 12.6 Å². The minimum atomic E-state index is -0.245. The van der Waals surface area contributed by atoms with E-state index in [0.717, 1.165) is 29.8 Å². The van der Waals surface area contributed by atoms with Gasteiger partial charge in [-0.2, -0.15) is 0 Å². The SMILES string of the molecule is CCCCc1nnc(N=Cc2ccc(F)cc2)s1. The van der Waals surface area contributed by atoms with Gasteiger partial charge in [-0.15, -0.1) is 10.2 Å². The minimum Gasteiger partial charge on any atom is -0.226 e. The second-order valence-electron chi connectivity index (χ2n) is 3.89. The number of rotatable bonds is 5. The average molecular weight is 263 g/mol. The molecular formula is C13H14FN3S. The zero-order chi connectivity index (χ0) is 12.8. The van der Waals surface area contributed by atoms with Gasteiger partial charge in [0.1, 0.15) is 10.8 Å². The van der Waals surface area contributed by atoms with Crippen LogP contribution in [0.15, 0.2) is 29.3 Å². The summed E-state index contributed by atoms with van der Waals surface area (Å²) < 4.78 is 12.7. The van der Waals surface area contributed by atoms with Crippen LogP contribution in [0.1, 0.15) is 30.3 Å². The molecule has 0 saturated carbocycles. The maximum Gasteiger partial charge on any atom is 0.231 e. The predicted octanol–water partition coefficient (Wildman–Crippen LogP) is 3.77. The summed E-state index contributed by atoms with van der Waals surface area (Å²) >= 11 is 1.50. The fraction of sp³-hybridized carbons (Fsp3) is 0.308. The molecule has 0 saturated heterocycles. The normalized spacial score (nSPS) is 11.2. The first-order chi connectivity index (χ1) is 8.78. The molecule has 0 aliphatic heterocycles. The number of aromatic nitrogens is 2. The van der Waals surface area contributed by atoms with Gasteiger partial charge in [0.2, 0.25) is 5.13 Å². The highest BCUT2D eigenvalue weighted by molar-refractivity contribution is 7.14. The van der Waals surface area contributed by atoms with Gasteiger partial charge in [0.05, 0.1) is 0 Å². The second kappa shape index (κ2) is 6.35. The van der Waals surface area contributed by atoms with Gasteiger partial charge in [0.15, 0.2) is 0 Å². The van der Waals surface area contributed by atoms with Crippen LogP contribution in [-0.2, 0) is 6.42 Å². The van der Waals surface area contributed by atoms with Gasteiger partial charge in [-0.05, 0) is 24.1 Å². The zero-order valence-corrected chi connectivity index (χ0v) is 11.0. The summed E-state index contributed by atoms with van der Waals surface area (Å²) in [5.41, 5.74) is 0.849. The Hall–Kier alpha value is -1.62. The van der Waals surface area contributed by atoms with Crippen molar-refractivity contribution in [1.29, 1.82) is 0 Å². The van der Waals surface area contributed by atoms with E-state index in [9.17, 15) is 4.39 Å². The highest BCUT2D eigenvalue weighted by atomic mass is 32.1. The molecule has 3 nitrogen and oxygen atoms in total. The van der Waals surface area contributed by atoms with E-state index in [1.165, 1.54) is 23.5 Å². The number of nitrogens with zero attached hydrogens (tertiary/aromatic N) is 3. The number of aliphatic imine (C=N–C) groups is 1. The third kappa shape index (κ3) is 3.70. The van der Waals surface area contributed by atoms with E-state index in [2.05, 4.69) is 22.1 Å². The van der Waals surface area contributed by atoms with Crippen molar-refractivity contribution < 1.29 is 4.39 Å². The van der Waals surface area contributed by atoms with Gasteiger partial charge in [-0.25, -0.2) is 9.38 Å². The largest absolute Gasteiger partial charge is 0.231 e. The molecule has 18 heavy (non-hydrogen) atoms. The summed E-state index contributed by atoms with van der Waals surface area (Å²) in [6, 6.07) is 6.18. The molecule has 2 aromatic rings. The Morgan fingerprint density at radius 2 is 2.06 bits per heavy atom. The van der Waals surface area contributed by atoms with Crippen molar-refractivity contribution >= 4 is 22.7 Å². The van der Waals surface area contributed by atoms with Crippen molar-refractivity contribution in [2.75, 3.05) is 0 Å². The van der Waals surface area contributed by atoms with Crippen molar-refractivity contribution in [3.05, 3.63) is 40.7 Å². The second-order valence-corrected chi connectivity index (χ2v) is 4.93. The molecule has 0 aliphatic carbocycles. The van der Waals surface area contributed by atoms with Crippen molar-refractivity contribution in [2.45, 2.75) is 26.2 Å². The Morgan fingerprint density at radius 1 is 1.28 bits per heavy atom. The first kappa shape index (κ1) is 12.8. The summed E-state index contributed by atoms with van der Waals surface area (Å²) in [5.74, 6) is -0.245. The van der Waals surface area contributed by atoms with Crippen molar-refractivity contribution in [2.24, 2.45) is 4.99 Å². The number of aryl methyl sites for hydroxylation is 1. The third-order valence-electron chi connectivity index (χ3n) is 2.39. The molecule has 94 valence electrons. The maximum atomic E-state index is 12.7. The lowest BCUT2D eigenvalue weighted by atomic mass is 10.2. The Bertz CT molecular complexity index is 519. The zero-order valence-electron chi connectivity index (χ0n) is 10.1.